The van der Waals surface area contributed by atoms with Gasteiger partial charge in [-0.3, -0.25) is 14.5 Å². The summed E-state index contributed by atoms with van der Waals surface area (Å²) in [5.74, 6) is 1.56. The number of carbonyl (C=O) groups excluding carboxylic acids is 3. The molecular weight excluding hydrogens is 466 g/mol. The average molecular weight is 496 g/mol. The standard InChI is InChI=1S/C26H29N3O7/c1-4-33-20-10-16-9-15(2)36-21(16)11-17(20)13-27-23(30)14-29-24(31)26(3,28-25(29)32)18-5-6-19-22(12-18)35-8-7-34-19/h5-6,10-12,15H,4,7-9,13-14H2,1-3H3,(H,27,30)(H,28,32)/t15-,26+/m0/s1. The van der Waals surface area contributed by atoms with E-state index >= 15 is 0 Å². The van der Waals surface area contributed by atoms with Crippen LogP contribution < -0.4 is 29.6 Å². The molecular formula is C26H29N3O7. The number of imide groups is 1. The lowest BCUT2D eigenvalue weighted by atomic mass is 9.91. The number of benzene rings is 2. The Bertz CT molecular complexity index is 1230. The van der Waals surface area contributed by atoms with Gasteiger partial charge < -0.3 is 29.6 Å². The summed E-state index contributed by atoms with van der Waals surface area (Å²) in [6.45, 7) is 6.60. The summed E-state index contributed by atoms with van der Waals surface area (Å²) in [5, 5.41) is 5.51. The molecule has 0 spiro atoms. The third-order valence-corrected chi connectivity index (χ3v) is 6.55. The Hall–Kier alpha value is -3.95. The van der Waals surface area contributed by atoms with Crippen molar-refractivity contribution in [3.05, 3.63) is 47.0 Å². The number of nitrogens with zero attached hydrogens (tertiary/aromatic N) is 1. The van der Waals surface area contributed by atoms with E-state index < -0.39 is 29.9 Å². The molecule has 3 aliphatic heterocycles. The first-order valence-corrected chi connectivity index (χ1v) is 12.0. The molecule has 2 aromatic rings. The number of fused-ring (bicyclic) bond motifs is 2. The zero-order valence-corrected chi connectivity index (χ0v) is 20.5. The van der Waals surface area contributed by atoms with E-state index in [0.717, 1.165) is 28.2 Å². The van der Waals surface area contributed by atoms with E-state index in [2.05, 4.69) is 10.6 Å². The van der Waals surface area contributed by atoms with Gasteiger partial charge in [-0.15, -0.1) is 0 Å². The fraction of sp³-hybridized carbons (Fsp3) is 0.423. The number of hydrogen-bond acceptors (Lipinski definition) is 7. The van der Waals surface area contributed by atoms with Gasteiger partial charge in [0, 0.05) is 24.1 Å². The number of rotatable bonds is 7. The van der Waals surface area contributed by atoms with Crippen molar-refractivity contribution in [2.45, 2.75) is 45.4 Å². The molecule has 2 atom stereocenters. The first-order chi connectivity index (χ1) is 17.3. The van der Waals surface area contributed by atoms with Crippen LogP contribution in [0.5, 0.6) is 23.0 Å². The highest BCUT2D eigenvalue weighted by Crippen LogP contribution is 2.37. The zero-order valence-electron chi connectivity index (χ0n) is 20.5. The third kappa shape index (κ3) is 4.27. The van der Waals surface area contributed by atoms with Crippen molar-refractivity contribution >= 4 is 17.8 Å². The van der Waals surface area contributed by atoms with Crippen LogP contribution in [0, 0.1) is 0 Å². The SMILES string of the molecule is CCOc1cc2c(cc1CNC(=O)CN1C(=O)N[C@](C)(c3ccc4c(c3)OCCO4)C1=O)O[C@@H](C)C2. The van der Waals surface area contributed by atoms with E-state index in [1.54, 1.807) is 25.1 Å². The molecule has 0 bridgehead atoms. The average Bonchev–Trinajstić information content (AvgIpc) is 3.33. The molecule has 10 nitrogen and oxygen atoms in total. The van der Waals surface area contributed by atoms with Gasteiger partial charge in [-0.2, -0.15) is 0 Å². The second-order valence-electron chi connectivity index (χ2n) is 9.21. The molecule has 1 saturated heterocycles. The summed E-state index contributed by atoms with van der Waals surface area (Å²) in [6.07, 6.45) is 0.888. The van der Waals surface area contributed by atoms with Gasteiger partial charge in [0.15, 0.2) is 11.5 Å². The van der Waals surface area contributed by atoms with Crippen LogP contribution in [0.1, 0.15) is 37.5 Å². The van der Waals surface area contributed by atoms with Gasteiger partial charge in [0.1, 0.15) is 42.9 Å². The Morgan fingerprint density at radius 3 is 2.72 bits per heavy atom. The Morgan fingerprint density at radius 2 is 1.94 bits per heavy atom. The first kappa shape index (κ1) is 23.8. The highest BCUT2D eigenvalue weighted by molar-refractivity contribution is 6.09. The molecule has 2 aromatic carbocycles. The van der Waals surface area contributed by atoms with Gasteiger partial charge in [-0.25, -0.2) is 4.79 Å². The fourth-order valence-electron chi connectivity index (χ4n) is 4.69. The molecule has 5 rings (SSSR count). The quantitative estimate of drug-likeness (QED) is 0.566. The van der Waals surface area contributed by atoms with Crippen LogP contribution in [-0.4, -0.2) is 55.2 Å². The molecule has 10 heteroatoms. The first-order valence-electron chi connectivity index (χ1n) is 12.0. The molecule has 4 amide bonds. The maximum Gasteiger partial charge on any atom is 0.325 e. The number of ether oxygens (including phenoxy) is 4. The van der Waals surface area contributed by atoms with E-state index in [9.17, 15) is 14.4 Å². The third-order valence-electron chi connectivity index (χ3n) is 6.55. The minimum Gasteiger partial charge on any atom is -0.494 e. The smallest absolute Gasteiger partial charge is 0.325 e. The van der Waals surface area contributed by atoms with E-state index in [1.807, 2.05) is 26.0 Å². The number of nitrogens with one attached hydrogen (secondary N) is 2. The second kappa shape index (κ2) is 9.25. The van der Waals surface area contributed by atoms with Crippen molar-refractivity contribution in [2.75, 3.05) is 26.4 Å². The topological polar surface area (TPSA) is 115 Å². The predicted octanol–water partition coefficient (Wildman–Crippen LogP) is 2.26. The summed E-state index contributed by atoms with van der Waals surface area (Å²) in [7, 11) is 0. The van der Waals surface area contributed by atoms with Crippen LogP contribution in [0.2, 0.25) is 0 Å². The van der Waals surface area contributed by atoms with Crippen LogP contribution in [-0.2, 0) is 28.1 Å². The summed E-state index contributed by atoms with van der Waals surface area (Å²) in [5.41, 5.74) is 1.04. The Labute approximate surface area is 208 Å². The number of hydrogen-bond donors (Lipinski definition) is 2. The van der Waals surface area contributed by atoms with Crippen LogP contribution in [0.25, 0.3) is 0 Å². The summed E-state index contributed by atoms with van der Waals surface area (Å²) in [6, 6.07) is 8.28. The van der Waals surface area contributed by atoms with E-state index in [1.165, 1.54) is 0 Å². The molecule has 1 fully saturated rings. The molecule has 0 aromatic heterocycles. The predicted molar refractivity (Wildman–Crippen MR) is 128 cm³/mol. The Balaban J connectivity index is 1.26. The van der Waals surface area contributed by atoms with Crippen molar-refractivity contribution in [1.29, 1.82) is 0 Å². The Morgan fingerprint density at radius 1 is 1.17 bits per heavy atom. The molecule has 0 saturated carbocycles. The lowest BCUT2D eigenvalue weighted by Gasteiger charge is -2.25. The van der Waals surface area contributed by atoms with Gasteiger partial charge >= 0.3 is 6.03 Å². The molecule has 3 heterocycles. The maximum atomic E-state index is 13.3. The van der Waals surface area contributed by atoms with Crippen molar-refractivity contribution in [3.8, 4) is 23.0 Å². The van der Waals surface area contributed by atoms with Crippen LogP contribution >= 0.6 is 0 Å². The largest absolute Gasteiger partial charge is 0.494 e. The highest BCUT2D eigenvalue weighted by atomic mass is 16.6. The van der Waals surface area contributed by atoms with E-state index in [-0.39, 0.29) is 12.6 Å². The van der Waals surface area contributed by atoms with Crippen LogP contribution in [0.4, 0.5) is 4.79 Å². The van der Waals surface area contributed by atoms with Crippen molar-refractivity contribution in [1.82, 2.24) is 15.5 Å². The normalized spacial score (nSPS) is 22.1. The molecule has 2 N–H and O–H groups in total. The lowest BCUT2D eigenvalue weighted by Crippen LogP contribution is -2.43. The molecule has 3 aliphatic rings. The molecule has 0 aliphatic carbocycles. The minimum absolute atomic E-state index is 0.0857. The lowest BCUT2D eigenvalue weighted by molar-refractivity contribution is -0.134. The van der Waals surface area contributed by atoms with Crippen LogP contribution in [0.15, 0.2) is 30.3 Å². The summed E-state index contributed by atoms with van der Waals surface area (Å²) in [4.78, 5) is 39.6. The monoisotopic (exact) mass is 495 g/mol. The maximum absolute atomic E-state index is 13.3. The van der Waals surface area contributed by atoms with Gasteiger partial charge in [0.2, 0.25) is 5.91 Å². The highest BCUT2D eigenvalue weighted by Gasteiger charge is 2.49. The van der Waals surface area contributed by atoms with Crippen molar-refractivity contribution in [2.24, 2.45) is 0 Å². The number of urea groups is 1. The van der Waals surface area contributed by atoms with Gasteiger partial charge in [0.05, 0.1) is 6.61 Å². The zero-order chi connectivity index (χ0) is 25.4. The molecule has 36 heavy (non-hydrogen) atoms. The fourth-order valence-corrected chi connectivity index (χ4v) is 4.69. The second-order valence-corrected chi connectivity index (χ2v) is 9.21. The number of carbonyl (C=O) groups is 3. The Kier molecular flexibility index (Phi) is 6.11. The van der Waals surface area contributed by atoms with Crippen LogP contribution in [0.3, 0.4) is 0 Å². The summed E-state index contributed by atoms with van der Waals surface area (Å²) >= 11 is 0. The number of amides is 4. The van der Waals surface area contributed by atoms with Crippen molar-refractivity contribution < 1.29 is 33.3 Å². The summed E-state index contributed by atoms with van der Waals surface area (Å²) < 4.78 is 22.7. The van der Waals surface area contributed by atoms with Gasteiger partial charge in [0.25, 0.3) is 5.91 Å². The van der Waals surface area contributed by atoms with E-state index in [4.69, 9.17) is 18.9 Å². The van der Waals surface area contributed by atoms with E-state index in [0.29, 0.717) is 42.6 Å². The molecule has 0 radical (unpaired) electrons. The van der Waals surface area contributed by atoms with Gasteiger partial charge in [-0.1, -0.05) is 6.07 Å². The molecule has 190 valence electrons. The molecule has 0 unspecified atom stereocenters. The minimum atomic E-state index is -1.33. The van der Waals surface area contributed by atoms with Gasteiger partial charge in [-0.05, 0) is 50.6 Å². The van der Waals surface area contributed by atoms with Crippen molar-refractivity contribution in [3.63, 3.8) is 0 Å².